The second-order valence-corrected chi connectivity index (χ2v) is 4.63. The molecule has 0 saturated carbocycles. The van der Waals surface area contributed by atoms with E-state index in [0.717, 1.165) is 10.0 Å². The maximum atomic E-state index is 5.91. The minimum absolute atomic E-state index is 0.0543. The number of rotatable bonds is 1. The first-order chi connectivity index (χ1) is 7.54. The fourth-order valence-electron chi connectivity index (χ4n) is 1.18. The predicted molar refractivity (Wildman–Crippen MR) is 67.4 cm³/mol. The molecular weight excluding hydrogens is 315 g/mol. The van der Waals surface area contributed by atoms with Crippen molar-refractivity contribution < 1.29 is 0 Å². The van der Waals surface area contributed by atoms with Crippen LogP contribution in [0.25, 0.3) is 11.4 Å². The molecule has 2 rings (SSSR count). The van der Waals surface area contributed by atoms with Crippen molar-refractivity contribution in [1.29, 1.82) is 0 Å². The number of hydrogen-bond acceptors (Lipinski definition) is 4. The second-order valence-electron chi connectivity index (χ2n) is 2.94. The summed E-state index contributed by atoms with van der Waals surface area (Å²) in [6.45, 7) is 0. The lowest BCUT2D eigenvalue weighted by atomic mass is 10.2. The smallest absolute Gasteiger partial charge is 0.227 e. The van der Waals surface area contributed by atoms with Crippen molar-refractivity contribution in [2.45, 2.75) is 0 Å². The third-order valence-corrected chi connectivity index (χ3v) is 2.59. The average molecular weight is 320 g/mol. The summed E-state index contributed by atoms with van der Waals surface area (Å²) in [5, 5.41) is 0.623. The summed E-state index contributed by atoms with van der Waals surface area (Å²) in [6, 6.07) is 5.30. The van der Waals surface area contributed by atoms with Gasteiger partial charge >= 0.3 is 0 Å². The number of aromatic nitrogens is 3. The fourth-order valence-corrected chi connectivity index (χ4v) is 2.20. The van der Waals surface area contributed by atoms with Crippen LogP contribution in [0.15, 0.2) is 22.7 Å². The van der Waals surface area contributed by atoms with E-state index in [1.807, 2.05) is 6.07 Å². The molecule has 0 fully saturated rings. The predicted octanol–water partition coefficient (Wildman–Crippen LogP) is 3.19. The first-order valence-corrected chi connectivity index (χ1v) is 5.73. The van der Waals surface area contributed by atoms with Crippen molar-refractivity contribution in [2.24, 2.45) is 0 Å². The highest BCUT2D eigenvalue weighted by Crippen LogP contribution is 2.25. The van der Waals surface area contributed by atoms with Crippen LogP contribution in [0.4, 0.5) is 5.95 Å². The van der Waals surface area contributed by atoms with Crippen molar-refractivity contribution in [3.63, 3.8) is 0 Å². The molecule has 0 aliphatic carbocycles. The van der Waals surface area contributed by atoms with Gasteiger partial charge in [0.25, 0.3) is 0 Å². The number of benzene rings is 1. The van der Waals surface area contributed by atoms with Gasteiger partial charge in [-0.2, -0.15) is 15.0 Å². The highest BCUT2D eigenvalue weighted by Gasteiger charge is 2.07. The van der Waals surface area contributed by atoms with Crippen molar-refractivity contribution in [3.8, 4) is 11.4 Å². The standard InChI is InChI=1S/C9H5BrCl2N4/c10-5-1-4(2-6(11)3-5)7-14-8(12)16-9(13)15-7/h1-3H,(H2,13,14,15,16). The third kappa shape index (κ3) is 2.61. The molecule has 0 bridgehead atoms. The number of nitrogen functional groups attached to an aromatic ring is 1. The molecule has 0 spiro atoms. The molecule has 0 aliphatic rings. The summed E-state index contributed by atoms with van der Waals surface area (Å²) in [4.78, 5) is 11.6. The minimum atomic E-state index is 0.0543. The van der Waals surface area contributed by atoms with Crippen LogP contribution in [-0.4, -0.2) is 15.0 Å². The molecule has 0 saturated heterocycles. The van der Waals surface area contributed by atoms with Gasteiger partial charge in [0.1, 0.15) is 0 Å². The highest BCUT2D eigenvalue weighted by molar-refractivity contribution is 9.10. The summed E-state index contributed by atoms with van der Waals surface area (Å²) in [5.74, 6) is 0.465. The van der Waals surface area contributed by atoms with Crippen LogP contribution in [-0.2, 0) is 0 Å². The zero-order chi connectivity index (χ0) is 11.7. The largest absolute Gasteiger partial charge is 0.368 e. The van der Waals surface area contributed by atoms with Gasteiger partial charge in [0.15, 0.2) is 5.82 Å². The molecule has 16 heavy (non-hydrogen) atoms. The number of hydrogen-bond donors (Lipinski definition) is 1. The number of nitrogens with two attached hydrogens (primary N) is 1. The Labute approximate surface area is 110 Å². The number of anilines is 1. The van der Waals surface area contributed by atoms with Gasteiger partial charge in [-0.05, 0) is 29.8 Å². The maximum Gasteiger partial charge on any atom is 0.227 e. The third-order valence-electron chi connectivity index (χ3n) is 1.75. The van der Waals surface area contributed by atoms with Gasteiger partial charge in [0.2, 0.25) is 11.2 Å². The molecule has 1 heterocycles. The first kappa shape index (κ1) is 11.6. The lowest BCUT2D eigenvalue weighted by molar-refractivity contribution is 1.07. The molecule has 0 unspecified atom stereocenters. The Morgan fingerprint density at radius 2 is 1.81 bits per heavy atom. The topological polar surface area (TPSA) is 64.7 Å². The molecule has 1 aromatic carbocycles. The van der Waals surface area contributed by atoms with E-state index in [1.165, 1.54) is 0 Å². The zero-order valence-electron chi connectivity index (χ0n) is 7.78. The van der Waals surface area contributed by atoms with E-state index in [2.05, 4.69) is 30.9 Å². The van der Waals surface area contributed by atoms with E-state index in [4.69, 9.17) is 28.9 Å². The van der Waals surface area contributed by atoms with Crippen LogP contribution in [0.5, 0.6) is 0 Å². The first-order valence-electron chi connectivity index (χ1n) is 4.18. The molecule has 82 valence electrons. The molecule has 2 aromatic rings. The van der Waals surface area contributed by atoms with Gasteiger partial charge in [-0.1, -0.05) is 27.5 Å². The zero-order valence-corrected chi connectivity index (χ0v) is 10.9. The van der Waals surface area contributed by atoms with Crippen LogP contribution in [0, 0.1) is 0 Å². The Bertz CT molecular complexity index is 457. The quantitative estimate of drug-likeness (QED) is 0.876. The van der Waals surface area contributed by atoms with Crippen molar-refractivity contribution in [1.82, 2.24) is 15.0 Å². The summed E-state index contributed by atoms with van der Waals surface area (Å²) in [7, 11) is 0. The molecule has 1 aromatic heterocycles. The molecule has 7 heteroatoms. The minimum Gasteiger partial charge on any atom is -0.368 e. The van der Waals surface area contributed by atoms with E-state index >= 15 is 0 Å². The summed E-state index contributed by atoms with van der Waals surface area (Å²) < 4.78 is 0.824. The SMILES string of the molecule is Nc1nc(Cl)nc(-c2cc(Cl)cc(Br)c2)n1. The van der Waals surface area contributed by atoms with Crippen LogP contribution < -0.4 is 5.73 Å². The van der Waals surface area contributed by atoms with Crippen LogP contribution >= 0.6 is 39.1 Å². The lowest BCUT2D eigenvalue weighted by Crippen LogP contribution is -1.99. The number of nitrogens with zero attached hydrogens (tertiary/aromatic N) is 3. The lowest BCUT2D eigenvalue weighted by Gasteiger charge is -2.03. The summed E-state index contributed by atoms with van der Waals surface area (Å²) in [5.41, 5.74) is 6.20. The Morgan fingerprint density at radius 3 is 2.44 bits per heavy atom. The Kier molecular flexibility index (Phi) is 3.28. The van der Waals surface area contributed by atoms with Gasteiger partial charge in [-0.25, -0.2) is 0 Å². The molecule has 4 nitrogen and oxygen atoms in total. The van der Waals surface area contributed by atoms with Crippen molar-refractivity contribution in [3.05, 3.63) is 33.0 Å². The molecule has 0 aliphatic heterocycles. The summed E-state index contributed by atoms with van der Waals surface area (Å²) >= 11 is 14.9. The van der Waals surface area contributed by atoms with Crippen molar-refractivity contribution in [2.75, 3.05) is 5.73 Å². The summed E-state index contributed by atoms with van der Waals surface area (Å²) in [6.07, 6.45) is 0. The molecule has 0 amide bonds. The van der Waals surface area contributed by atoms with Gasteiger partial charge in [-0.3, -0.25) is 0 Å². The fraction of sp³-hybridized carbons (Fsp3) is 0. The molecule has 0 radical (unpaired) electrons. The van der Waals surface area contributed by atoms with Gasteiger partial charge < -0.3 is 5.73 Å². The van der Waals surface area contributed by atoms with E-state index in [9.17, 15) is 0 Å². The van der Waals surface area contributed by atoms with Gasteiger partial charge in [0, 0.05) is 15.1 Å². The normalized spacial score (nSPS) is 10.4. The monoisotopic (exact) mass is 318 g/mol. The molecule has 2 N–H and O–H groups in total. The van der Waals surface area contributed by atoms with E-state index in [1.54, 1.807) is 12.1 Å². The average Bonchev–Trinajstić information content (AvgIpc) is 2.14. The Hall–Kier alpha value is -0.910. The van der Waals surface area contributed by atoms with Gasteiger partial charge in [-0.15, -0.1) is 0 Å². The van der Waals surface area contributed by atoms with Crippen LogP contribution in [0.3, 0.4) is 0 Å². The number of halogens is 3. The Balaban J connectivity index is 2.57. The molecular formula is C9H5BrCl2N4. The van der Waals surface area contributed by atoms with E-state index in [0.29, 0.717) is 10.8 Å². The van der Waals surface area contributed by atoms with Gasteiger partial charge in [0.05, 0.1) is 0 Å². The van der Waals surface area contributed by atoms with Crippen molar-refractivity contribution >= 4 is 45.1 Å². The van der Waals surface area contributed by atoms with Crippen LogP contribution in [0.1, 0.15) is 0 Å². The van der Waals surface area contributed by atoms with E-state index < -0.39 is 0 Å². The highest BCUT2D eigenvalue weighted by atomic mass is 79.9. The molecule has 0 atom stereocenters. The second kappa shape index (κ2) is 4.53. The van der Waals surface area contributed by atoms with Crippen LogP contribution in [0.2, 0.25) is 10.3 Å². The Morgan fingerprint density at radius 1 is 1.06 bits per heavy atom. The maximum absolute atomic E-state index is 5.91. The van der Waals surface area contributed by atoms with E-state index in [-0.39, 0.29) is 11.2 Å².